The Bertz CT molecular complexity index is 263. The standard InChI is InChI=1S/C10H20Cl2O.C2HF3O2/c1-2-3-4-5-6-10(12,9-11)7-8-13;3-2(4,5)1(6)7/h13H,2-9H2,1H3;(H,6,7). The molecule has 0 spiro atoms. The van der Waals surface area contributed by atoms with Crippen LogP contribution >= 0.6 is 23.2 Å². The molecule has 1 atom stereocenters. The predicted molar refractivity (Wildman–Crippen MR) is 73.5 cm³/mol. The maximum atomic E-state index is 10.6. The van der Waals surface area contributed by atoms with E-state index < -0.39 is 12.1 Å². The number of hydrogen-bond donors (Lipinski definition) is 2. The van der Waals surface area contributed by atoms with E-state index in [0.717, 1.165) is 12.8 Å². The lowest BCUT2D eigenvalue weighted by Crippen LogP contribution is -2.25. The molecule has 0 saturated heterocycles. The van der Waals surface area contributed by atoms with Crippen LogP contribution < -0.4 is 0 Å². The fraction of sp³-hybridized carbons (Fsp3) is 0.917. The van der Waals surface area contributed by atoms with Crippen LogP contribution in [-0.2, 0) is 4.79 Å². The monoisotopic (exact) mass is 340 g/mol. The van der Waals surface area contributed by atoms with Gasteiger partial charge in [0.25, 0.3) is 0 Å². The summed E-state index contributed by atoms with van der Waals surface area (Å²) in [5.74, 6) is -2.33. The van der Waals surface area contributed by atoms with E-state index in [1.54, 1.807) is 0 Å². The average Bonchev–Trinajstić information content (AvgIpc) is 2.35. The van der Waals surface area contributed by atoms with E-state index in [-0.39, 0.29) is 11.5 Å². The van der Waals surface area contributed by atoms with Crippen molar-refractivity contribution in [2.24, 2.45) is 0 Å². The molecule has 0 aliphatic carbocycles. The van der Waals surface area contributed by atoms with Crippen molar-refractivity contribution in [3.05, 3.63) is 0 Å². The zero-order valence-electron chi connectivity index (χ0n) is 11.3. The van der Waals surface area contributed by atoms with Gasteiger partial charge in [0.15, 0.2) is 0 Å². The second-order valence-electron chi connectivity index (χ2n) is 4.37. The fourth-order valence-corrected chi connectivity index (χ4v) is 1.81. The summed E-state index contributed by atoms with van der Waals surface area (Å²) in [6.45, 7) is 2.31. The number of carbonyl (C=O) groups is 1. The van der Waals surface area contributed by atoms with Crippen molar-refractivity contribution < 1.29 is 28.2 Å². The third-order valence-electron chi connectivity index (χ3n) is 2.52. The summed E-state index contributed by atoms with van der Waals surface area (Å²) in [7, 11) is 0. The highest BCUT2D eigenvalue weighted by molar-refractivity contribution is 6.30. The minimum Gasteiger partial charge on any atom is -0.475 e. The molecule has 2 N–H and O–H groups in total. The quantitative estimate of drug-likeness (QED) is 0.514. The Balaban J connectivity index is 0. The summed E-state index contributed by atoms with van der Waals surface area (Å²) in [6.07, 6.45) is 1.25. The molecule has 0 amide bonds. The van der Waals surface area contributed by atoms with Gasteiger partial charge < -0.3 is 10.2 Å². The molecule has 0 fully saturated rings. The second kappa shape index (κ2) is 11.5. The molecule has 8 heteroatoms. The van der Waals surface area contributed by atoms with Gasteiger partial charge in [-0.3, -0.25) is 0 Å². The lowest BCUT2D eigenvalue weighted by molar-refractivity contribution is -0.192. The van der Waals surface area contributed by atoms with Crippen LogP contribution in [-0.4, -0.2) is 39.7 Å². The number of aliphatic carboxylic acids is 1. The smallest absolute Gasteiger partial charge is 0.475 e. The van der Waals surface area contributed by atoms with Gasteiger partial charge in [0.2, 0.25) is 0 Å². The van der Waals surface area contributed by atoms with Gasteiger partial charge in [-0.05, 0) is 12.8 Å². The third-order valence-corrected chi connectivity index (χ3v) is 3.68. The number of unbranched alkanes of at least 4 members (excludes halogenated alkanes) is 3. The van der Waals surface area contributed by atoms with E-state index >= 15 is 0 Å². The van der Waals surface area contributed by atoms with Gasteiger partial charge in [0.1, 0.15) is 0 Å². The van der Waals surface area contributed by atoms with Crippen molar-refractivity contribution in [2.75, 3.05) is 12.5 Å². The molecule has 3 nitrogen and oxygen atoms in total. The van der Waals surface area contributed by atoms with E-state index in [9.17, 15) is 13.2 Å². The number of aliphatic hydroxyl groups excluding tert-OH is 1. The Hall–Kier alpha value is -0.200. The van der Waals surface area contributed by atoms with Gasteiger partial charge >= 0.3 is 12.1 Å². The first-order chi connectivity index (χ1) is 9.13. The van der Waals surface area contributed by atoms with Crippen LogP contribution in [0.15, 0.2) is 0 Å². The minimum absolute atomic E-state index is 0.129. The second-order valence-corrected chi connectivity index (χ2v) is 5.44. The molecule has 0 aromatic heterocycles. The molecular formula is C12H21Cl2F3O3. The molecule has 0 aliphatic heterocycles. The molecule has 20 heavy (non-hydrogen) atoms. The Labute approximate surface area is 127 Å². The molecule has 0 radical (unpaired) electrons. The van der Waals surface area contributed by atoms with Crippen LogP contribution in [0, 0.1) is 0 Å². The van der Waals surface area contributed by atoms with Gasteiger partial charge in [-0.1, -0.05) is 32.6 Å². The summed E-state index contributed by atoms with van der Waals surface area (Å²) in [5.41, 5.74) is 0. The van der Waals surface area contributed by atoms with E-state index in [4.69, 9.17) is 38.2 Å². The molecule has 0 heterocycles. The van der Waals surface area contributed by atoms with Gasteiger partial charge in [0.05, 0.1) is 4.87 Å². The Morgan fingerprint density at radius 1 is 1.15 bits per heavy atom. The highest BCUT2D eigenvalue weighted by atomic mass is 35.5. The van der Waals surface area contributed by atoms with Crippen LogP contribution in [0.25, 0.3) is 0 Å². The van der Waals surface area contributed by atoms with Crippen molar-refractivity contribution in [3.8, 4) is 0 Å². The molecule has 0 bridgehead atoms. The SMILES string of the molecule is CCCCCCC(Cl)(CCl)CCO.O=C(O)C(F)(F)F. The highest BCUT2D eigenvalue weighted by Crippen LogP contribution is 2.28. The molecular weight excluding hydrogens is 320 g/mol. The average molecular weight is 341 g/mol. The molecule has 0 aromatic rings. The lowest BCUT2D eigenvalue weighted by Gasteiger charge is -2.23. The molecule has 0 aliphatic rings. The lowest BCUT2D eigenvalue weighted by atomic mass is 9.99. The van der Waals surface area contributed by atoms with Crippen molar-refractivity contribution >= 4 is 29.2 Å². The molecule has 0 saturated carbocycles. The van der Waals surface area contributed by atoms with Crippen molar-refractivity contribution in [2.45, 2.75) is 56.5 Å². The molecule has 1 unspecified atom stereocenters. The number of alkyl halides is 5. The first kappa shape index (κ1) is 22.1. The maximum absolute atomic E-state index is 10.6. The summed E-state index contributed by atoms with van der Waals surface area (Å²) in [6, 6.07) is 0. The summed E-state index contributed by atoms with van der Waals surface area (Å²) < 4.78 is 31.7. The number of hydrogen-bond acceptors (Lipinski definition) is 2. The molecule has 0 aromatic carbocycles. The zero-order chi connectivity index (χ0) is 16.2. The van der Waals surface area contributed by atoms with Gasteiger partial charge in [-0.15, -0.1) is 23.2 Å². The van der Waals surface area contributed by atoms with Crippen LogP contribution in [0.4, 0.5) is 13.2 Å². The third kappa shape index (κ3) is 12.8. The Kier molecular flexibility index (Phi) is 12.7. The number of rotatable bonds is 8. The van der Waals surface area contributed by atoms with Crippen molar-refractivity contribution in [1.82, 2.24) is 0 Å². The van der Waals surface area contributed by atoms with Gasteiger partial charge in [-0.2, -0.15) is 13.2 Å². The first-order valence-corrected chi connectivity index (χ1v) is 7.20. The Morgan fingerprint density at radius 2 is 1.65 bits per heavy atom. The normalized spacial score (nSPS) is 14.2. The highest BCUT2D eigenvalue weighted by Gasteiger charge is 2.38. The van der Waals surface area contributed by atoms with Crippen LogP contribution in [0.5, 0.6) is 0 Å². The maximum Gasteiger partial charge on any atom is 0.490 e. The largest absolute Gasteiger partial charge is 0.490 e. The van der Waals surface area contributed by atoms with Gasteiger partial charge in [0, 0.05) is 12.5 Å². The van der Waals surface area contributed by atoms with Crippen molar-refractivity contribution in [1.29, 1.82) is 0 Å². The number of carboxylic acid groups (broad SMARTS) is 1. The Morgan fingerprint density at radius 3 is 1.95 bits per heavy atom. The van der Waals surface area contributed by atoms with Crippen LogP contribution in [0.2, 0.25) is 0 Å². The summed E-state index contributed by atoms with van der Waals surface area (Å²) in [5, 5.41) is 15.9. The predicted octanol–water partition coefficient (Wildman–Crippen LogP) is 4.19. The van der Waals surface area contributed by atoms with Crippen LogP contribution in [0.1, 0.15) is 45.4 Å². The molecule has 122 valence electrons. The molecule has 0 rings (SSSR count). The topological polar surface area (TPSA) is 57.5 Å². The fourth-order valence-electron chi connectivity index (χ4n) is 1.33. The van der Waals surface area contributed by atoms with E-state index in [1.165, 1.54) is 19.3 Å². The van der Waals surface area contributed by atoms with E-state index in [2.05, 4.69) is 6.92 Å². The van der Waals surface area contributed by atoms with Gasteiger partial charge in [-0.25, -0.2) is 4.79 Å². The van der Waals surface area contributed by atoms with Crippen LogP contribution in [0.3, 0.4) is 0 Å². The van der Waals surface area contributed by atoms with Crippen molar-refractivity contribution in [3.63, 3.8) is 0 Å². The minimum atomic E-state index is -5.08. The number of halogens is 5. The summed E-state index contributed by atoms with van der Waals surface area (Å²) in [4.78, 5) is 8.52. The number of carboxylic acids is 1. The zero-order valence-corrected chi connectivity index (χ0v) is 12.9. The van der Waals surface area contributed by atoms with E-state index in [1.807, 2.05) is 0 Å². The number of aliphatic hydroxyl groups is 1. The van der Waals surface area contributed by atoms with E-state index in [0.29, 0.717) is 12.3 Å². The summed E-state index contributed by atoms with van der Waals surface area (Å²) >= 11 is 12.0. The first-order valence-electron chi connectivity index (χ1n) is 6.28.